The number of likely N-dealkylation sites (tertiary alicyclic amines) is 1. The minimum atomic E-state index is -2.88. The van der Waals surface area contributed by atoms with Crippen LogP contribution >= 0.6 is 24.0 Å². The van der Waals surface area contributed by atoms with Crippen molar-refractivity contribution in [1.29, 1.82) is 0 Å². The molecule has 1 aromatic carbocycles. The number of rotatable bonds is 6. The minimum absolute atomic E-state index is 0. The number of hydrogen-bond donors (Lipinski definition) is 1. The highest BCUT2D eigenvalue weighted by molar-refractivity contribution is 14.0. The number of halogens is 3. The van der Waals surface area contributed by atoms with Gasteiger partial charge in [0, 0.05) is 19.6 Å². The van der Waals surface area contributed by atoms with Gasteiger partial charge in [-0.2, -0.15) is 8.78 Å². The van der Waals surface area contributed by atoms with Gasteiger partial charge < -0.3 is 20.1 Å². The van der Waals surface area contributed by atoms with E-state index in [1.165, 1.54) is 13.5 Å². The monoisotopic (exact) mass is 455 g/mol. The van der Waals surface area contributed by atoms with Crippen molar-refractivity contribution in [3.05, 3.63) is 23.8 Å². The zero-order chi connectivity index (χ0) is 16.7. The van der Waals surface area contributed by atoms with E-state index in [2.05, 4.69) is 14.6 Å². The Bertz CT molecular complexity index is 538. The van der Waals surface area contributed by atoms with Crippen LogP contribution in [0.4, 0.5) is 8.78 Å². The number of ether oxygens (including phenoxy) is 2. The van der Waals surface area contributed by atoms with E-state index < -0.39 is 6.61 Å². The van der Waals surface area contributed by atoms with Gasteiger partial charge in [0.05, 0.1) is 7.11 Å². The number of nitrogens with zero attached hydrogens (tertiary/aromatic N) is 2. The lowest BCUT2D eigenvalue weighted by Gasteiger charge is -2.27. The fraction of sp³-hybridized carbons (Fsp3) is 0.562. The molecule has 0 atom stereocenters. The fourth-order valence-corrected chi connectivity index (χ4v) is 2.59. The number of alkyl halides is 2. The van der Waals surface area contributed by atoms with E-state index in [0.29, 0.717) is 18.9 Å². The van der Waals surface area contributed by atoms with Crippen LogP contribution in [0, 0.1) is 0 Å². The predicted molar refractivity (Wildman–Crippen MR) is 101 cm³/mol. The topological polar surface area (TPSA) is 60.1 Å². The molecular formula is C16H24F2IN3O2. The van der Waals surface area contributed by atoms with Gasteiger partial charge in [-0.15, -0.1) is 24.0 Å². The summed E-state index contributed by atoms with van der Waals surface area (Å²) in [5.41, 5.74) is 6.83. The van der Waals surface area contributed by atoms with E-state index in [0.717, 1.165) is 31.5 Å². The number of benzene rings is 1. The summed E-state index contributed by atoms with van der Waals surface area (Å²) in [4.78, 5) is 6.46. The SMILES string of the molecule is COc1ccc(CCN=C(N)N2CCCCC2)cc1OC(F)F.I. The smallest absolute Gasteiger partial charge is 0.387 e. The third kappa shape index (κ3) is 6.29. The first-order chi connectivity index (χ1) is 11.1. The highest BCUT2D eigenvalue weighted by Crippen LogP contribution is 2.29. The summed E-state index contributed by atoms with van der Waals surface area (Å²) in [6.45, 7) is -0.482. The second-order valence-corrected chi connectivity index (χ2v) is 5.40. The molecule has 2 rings (SSSR count). The molecule has 0 radical (unpaired) electrons. The number of aliphatic imine (C=N–C) groups is 1. The van der Waals surface area contributed by atoms with Crippen LogP contribution in [0.5, 0.6) is 11.5 Å². The highest BCUT2D eigenvalue weighted by atomic mass is 127. The summed E-state index contributed by atoms with van der Waals surface area (Å²) in [5.74, 6) is 0.876. The van der Waals surface area contributed by atoms with E-state index in [1.54, 1.807) is 12.1 Å². The molecule has 8 heteroatoms. The zero-order valence-electron chi connectivity index (χ0n) is 13.7. The molecule has 1 aliphatic rings. The average Bonchev–Trinajstić information content (AvgIpc) is 2.55. The van der Waals surface area contributed by atoms with Gasteiger partial charge in [-0.05, 0) is 43.4 Å². The van der Waals surface area contributed by atoms with E-state index in [-0.39, 0.29) is 35.5 Å². The van der Waals surface area contributed by atoms with Gasteiger partial charge in [0.25, 0.3) is 0 Å². The first kappa shape index (κ1) is 20.7. The van der Waals surface area contributed by atoms with Crippen molar-refractivity contribution in [1.82, 2.24) is 4.90 Å². The average molecular weight is 455 g/mol. The third-order valence-corrected chi connectivity index (χ3v) is 3.80. The summed E-state index contributed by atoms with van der Waals surface area (Å²) >= 11 is 0. The third-order valence-electron chi connectivity index (χ3n) is 3.80. The van der Waals surface area contributed by atoms with Crippen LogP contribution in [0.15, 0.2) is 23.2 Å². The van der Waals surface area contributed by atoms with Crippen molar-refractivity contribution in [2.24, 2.45) is 10.7 Å². The van der Waals surface area contributed by atoms with Crippen LogP contribution in [-0.2, 0) is 6.42 Å². The molecule has 1 saturated heterocycles. The Morgan fingerprint density at radius 2 is 1.96 bits per heavy atom. The molecule has 0 amide bonds. The summed E-state index contributed by atoms with van der Waals surface area (Å²) in [5, 5.41) is 0. The number of nitrogens with two attached hydrogens (primary N) is 1. The van der Waals surface area contributed by atoms with Gasteiger partial charge in [0.2, 0.25) is 0 Å². The molecule has 0 spiro atoms. The molecule has 136 valence electrons. The molecule has 0 unspecified atom stereocenters. The van der Waals surface area contributed by atoms with Crippen molar-refractivity contribution in [2.45, 2.75) is 32.3 Å². The molecule has 1 heterocycles. The molecule has 5 nitrogen and oxygen atoms in total. The van der Waals surface area contributed by atoms with Crippen LogP contribution in [-0.4, -0.2) is 44.2 Å². The molecule has 0 aliphatic carbocycles. The highest BCUT2D eigenvalue weighted by Gasteiger charge is 2.13. The first-order valence-electron chi connectivity index (χ1n) is 7.76. The van der Waals surface area contributed by atoms with E-state index >= 15 is 0 Å². The molecule has 1 aromatic rings. The molecule has 1 aliphatic heterocycles. The number of methoxy groups -OCH3 is 1. The van der Waals surface area contributed by atoms with E-state index in [9.17, 15) is 8.78 Å². The maximum absolute atomic E-state index is 12.4. The van der Waals surface area contributed by atoms with Crippen molar-refractivity contribution in [3.63, 3.8) is 0 Å². The lowest BCUT2D eigenvalue weighted by molar-refractivity contribution is -0.0512. The lowest BCUT2D eigenvalue weighted by atomic mass is 10.1. The molecule has 2 N–H and O–H groups in total. The number of hydrogen-bond acceptors (Lipinski definition) is 3. The molecule has 1 fully saturated rings. The largest absolute Gasteiger partial charge is 0.493 e. The van der Waals surface area contributed by atoms with Crippen molar-refractivity contribution >= 4 is 29.9 Å². The first-order valence-corrected chi connectivity index (χ1v) is 7.76. The van der Waals surface area contributed by atoms with Crippen LogP contribution in [0.1, 0.15) is 24.8 Å². The number of guanidine groups is 1. The van der Waals surface area contributed by atoms with Gasteiger partial charge in [0.1, 0.15) is 0 Å². The van der Waals surface area contributed by atoms with Gasteiger partial charge in [-0.25, -0.2) is 0 Å². The number of piperidine rings is 1. The van der Waals surface area contributed by atoms with Gasteiger partial charge in [-0.1, -0.05) is 6.07 Å². The van der Waals surface area contributed by atoms with Gasteiger partial charge in [0.15, 0.2) is 17.5 Å². The van der Waals surface area contributed by atoms with E-state index in [4.69, 9.17) is 10.5 Å². The fourth-order valence-electron chi connectivity index (χ4n) is 2.59. The van der Waals surface area contributed by atoms with Crippen LogP contribution in [0.3, 0.4) is 0 Å². The standard InChI is InChI=1S/C16H23F2N3O2.HI/c1-22-13-6-5-12(11-14(13)23-15(17)18)7-8-20-16(19)21-9-3-2-4-10-21;/h5-6,11,15H,2-4,7-10H2,1H3,(H2,19,20);1H. The Kier molecular flexibility index (Phi) is 9.09. The molecule has 24 heavy (non-hydrogen) atoms. The summed E-state index contributed by atoms with van der Waals surface area (Å²) < 4.78 is 34.3. The van der Waals surface area contributed by atoms with Crippen molar-refractivity contribution in [3.8, 4) is 11.5 Å². The van der Waals surface area contributed by atoms with E-state index in [1.807, 2.05) is 6.07 Å². The van der Waals surface area contributed by atoms with Crippen LogP contribution < -0.4 is 15.2 Å². The quantitative estimate of drug-likeness (QED) is 0.407. The predicted octanol–water partition coefficient (Wildman–Crippen LogP) is 3.26. The zero-order valence-corrected chi connectivity index (χ0v) is 16.0. The van der Waals surface area contributed by atoms with Crippen LogP contribution in [0.25, 0.3) is 0 Å². The molecule has 0 bridgehead atoms. The summed E-state index contributed by atoms with van der Waals surface area (Å²) in [6.07, 6.45) is 4.12. The normalized spacial score (nSPS) is 15.2. The maximum Gasteiger partial charge on any atom is 0.387 e. The molecule has 0 aromatic heterocycles. The summed E-state index contributed by atoms with van der Waals surface area (Å²) in [7, 11) is 1.41. The molecule has 0 saturated carbocycles. The lowest BCUT2D eigenvalue weighted by Crippen LogP contribution is -2.41. The van der Waals surface area contributed by atoms with Crippen LogP contribution in [0.2, 0.25) is 0 Å². The van der Waals surface area contributed by atoms with Gasteiger partial charge in [-0.3, -0.25) is 4.99 Å². The van der Waals surface area contributed by atoms with Crippen molar-refractivity contribution in [2.75, 3.05) is 26.7 Å². The van der Waals surface area contributed by atoms with Crippen molar-refractivity contribution < 1.29 is 18.3 Å². The minimum Gasteiger partial charge on any atom is -0.493 e. The Morgan fingerprint density at radius 3 is 2.58 bits per heavy atom. The maximum atomic E-state index is 12.4. The Morgan fingerprint density at radius 1 is 1.25 bits per heavy atom. The Labute approximate surface area is 158 Å². The summed E-state index contributed by atoms with van der Waals surface area (Å²) in [6, 6.07) is 4.98. The molecular weight excluding hydrogens is 431 g/mol. The second-order valence-electron chi connectivity index (χ2n) is 5.40. The second kappa shape index (κ2) is 10.5. The Hall–Kier alpha value is -1.32. The Balaban J connectivity index is 0.00000288. The van der Waals surface area contributed by atoms with Gasteiger partial charge >= 0.3 is 6.61 Å².